The predicted molar refractivity (Wildman–Crippen MR) is 99.6 cm³/mol. The van der Waals surface area contributed by atoms with Crippen molar-refractivity contribution in [3.8, 4) is 0 Å². The number of nitrogens with one attached hydrogen (secondary N) is 1. The van der Waals surface area contributed by atoms with Crippen molar-refractivity contribution >= 4 is 21.6 Å². The second-order valence-electron chi connectivity index (χ2n) is 5.98. The summed E-state index contributed by atoms with van der Waals surface area (Å²) in [7, 11) is -2.04. The minimum Gasteiger partial charge on any atom is -0.323 e. The van der Waals surface area contributed by atoms with Crippen LogP contribution in [0.5, 0.6) is 0 Å². The van der Waals surface area contributed by atoms with Gasteiger partial charge in [0.05, 0.1) is 4.90 Å². The number of carbonyl (C=O) groups excluding carboxylic acids is 1. The molecule has 132 valence electrons. The molecule has 0 radical (unpaired) electrons. The van der Waals surface area contributed by atoms with E-state index in [2.05, 4.69) is 5.32 Å². The van der Waals surface area contributed by atoms with Crippen LogP contribution in [0.15, 0.2) is 71.1 Å². The summed E-state index contributed by atoms with van der Waals surface area (Å²) in [6.45, 7) is 3.96. The number of carbonyl (C=O) groups is 1. The molecule has 0 atom stereocenters. The van der Waals surface area contributed by atoms with Gasteiger partial charge in [0.2, 0.25) is 15.9 Å². The molecule has 1 amide bonds. The molecule has 0 spiro atoms. The first-order chi connectivity index (χ1) is 11.8. The van der Waals surface area contributed by atoms with E-state index in [4.69, 9.17) is 0 Å². The lowest BCUT2D eigenvalue weighted by molar-refractivity contribution is -0.111. The zero-order chi connectivity index (χ0) is 18.4. The number of allylic oxidation sites excluding steroid dienone is 1. The van der Waals surface area contributed by atoms with Gasteiger partial charge in [-0.05, 0) is 43.7 Å². The van der Waals surface area contributed by atoms with Crippen LogP contribution >= 0.6 is 0 Å². The Morgan fingerprint density at radius 3 is 2.20 bits per heavy atom. The number of amides is 1. The third kappa shape index (κ3) is 5.27. The summed E-state index contributed by atoms with van der Waals surface area (Å²) in [6, 6.07) is 15.6. The minimum absolute atomic E-state index is 0.186. The van der Waals surface area contributed by atoms with Crippen molar-refractivity contribution in [2.75, 3.05) is 12.4 Å². The normalized spacial score (nSPS) is 11.2. The number of sulfonamides is 1. The maximum Gasteiger partial charge on any atom is 0.248 e. The monoisotopic (exact) mass is 358 g/mol. The van der Waals surface area contributed by atoms with Gasteiger partial charge in [-0.25, -0.2) is 8.42 Å². The second-order valence-corrected chi connectivity index (χ2v) is 8.03. The largest absolute Gasteiger partial charge is 0.323 e. The molecule has 0 aromatic heterocycles. The maximum atomic E-state index is 12.6. The highest BCUT2D eigenvalue weighted by Crippen LogP contribution is 2.19. The van der Waals surface area contributed by atoms with Gasteiger partial charge >= 0.3 is 0 Å². The number of hydrogen-bond donors (Lipinski definition) is 1. The van der Waals surface area contributed by atoms with Crippen LogP contribution in [-0.2, 0) is 21.4 Å². The van der Waals surface area contributed by atoms with E-state index in [1.165, 1.54) is 22.5 Å². The molecule has 2 aromatic carbocycles. The molecule has 0 aliphatic heterocycles. The summed E-state index contributed by atoms with van der Waals surface area (Å²) < 4.78 is 26.6. The molecule has 2 aromatic rings. The molecular formula is C19H22N2O3S. The Bertz CT molecular complexity index is 853. The highest BCUT2D eigenvalue weighted by Gasteiger charge is 2.20. The van der Waals surface area contributed by atoms with Crippen LogP contribution < -0.4 is 5.32 Å². The molecule has 0 bridgehead atoms. The highest BCUT2D eigenvalue weighted by molar-refractivity contribution is 7.89. The van der Waals surface area contributed by atoms with Gasteiger partial charge in [-0.1, -0.05) is 35.9 Å². The summed E-state index contributed by atoms with van der Waals surface area (Å²) in [5, 5.41) is 2.70. The highest BCUT2D eigenvalue weighted by atomic mass is 32.2. The molecule has 0 heterocycles. The first-order valence-corrected chi connectivity index (χ1v) is 9.29. The molecule has 0 fully saturated rings. The Hall–Kier alpha value is -2.44. The Balaban J connectivity index is 2.12. The van der Waals surface area contributed by atoms with Crippen LogP contribution in [0.2, 0.25) is 0 Å². The van der Waals surface area contributed by atoms with Crippen LogP contribution in [0.1, 0.15) is 19.4 Å². The average molecular weight is 358 g/mol. The molecule has 6 heteroatoms. The molecule has 0 aliphatic carbocycles. The second kappa shape index (κ2) is 8.09. The zero-order valence-corrected chi connectivity index (χ0v) is 15.4. The molecule has 0 aliphatic rings. The average Bonchev–Trinajstić information content (AvgIpc) is 2.55. The Morgan fingerprint density at radius 2 is 1.64 bits per heavy atom. The molecule has 0 saturated heterocycles. The van der Waals surface area contributed by atoms with Crippen molar-refractivity contribution in [2.45, 2.75) is 25.3 Å². The van der Waals surface area contributed by atoms with Crippen molar-refractivity contribution < 1.29 is 13.2 Å². The van der Waals surface area contributed by atoms with Crippen LogP contribution in [0.4, 0.5) is 5.69 Å². The third-order valence-corrected chi connectivity index (χ3v) is 5.32. The van der Waals surface area contributed by atoms with Gasteiger partial charge in [0.15, 0.2) is 0 Å². The summed E-state index contributed by atoms with van der Waals surface area (Å²) in [5.74, 6) is -0.239. The fourth-order valence-electron chi connectivity index (χ4n) is 2.26. The molecule has 2 rings (SSSR count). The maximum absolute atomic E-state index is 12.6. The van der Waals surface area contributed by atoms with Crippen LogP contribution in [0.3, 0.4) is 0 Å². The van der Waals surface area contributed by atoms with E-state index in [-0.39, 0.29) is 10.8 Å². The smallest absolute Gasteiger partial charge is 0.248 e. The SMILES string of the molecule is CC(C)=CC(=O)Nc1ccc(S(=O)(=O)N(C)Cc2ccccc2)cc1. The van der Waals surface area contributed by atoms with Crippen molar-refractivity contribution in [3.05, 3.63) is 71.8 Å². The van der Waals surface area contributed by atoms with E-state index >= 15 is 0 Å². The van der Waals surface area contributed by atoms with Crippen LogP contribution in [0, 0.1) is 0 Å². The quantitative estimate of drug-likeness (QED) is 0.805. The van der Waals surface area contributed by atoms with E-state index in [0.717, 1.165) is 11.1 Å². The fraction of sp³-hybridized carbons (Fsp3) is 0.211. The molecule has 1 N–H and O–H groups in total. The van der Waals surface area contributed by atoms with Gasteiger partial charge in [-0.15, -0.1) is 0 Å². The van der Waals surface area contributed by atoms with Gasteiger partial charge in [0.25, 0.3) is 0 Å². The lowest BCUT2D eigenvalue weighted by Gasteiger charge is -2.17. The Morgan fingerprint density at radius 1 is 1.04 bits per heavy atom. The molecule has 5 nitrogen and oxygen atoms in total. The van der Waals surface area contributed by atoms with Gasteiger partial charge in [0.1, 0.15) is 0 Å². The summed E-state index contributed by atoms with van der Waals surface area (Å²) in [4.78, 5) is 11.9. The standard InChI is InChI=1S/C19H22N2O3S/c1-15(2)13-19(22)20-17-9-11-18(12-10-17)25(23,24)21(3)14-16-7-5-4-6-8-16/h4-13H,14H2,1-3H3,(H,20,22). The van der Waals surface area contributed by atoms with Crippen molar-refractivity contribution in [2.24, 2.45) is 0 Å². The van der Waals surface area contributed by atoms with Crippen LogP contribution in [0.25, 0.3) is 0 Å². The topological polar surface area (TPSA) is 66.5 Å². The van der Waals surface area contributed by atoms with Crippen molar-refractivity contribution in [1.29, 1.82) is 0 Å². The Kier molecular flexibility index (Phi) is 6.12. The third-order valence-electron chi connectivity index (χ3n) is 3.50. The predicted octanol–water partition coefficient (Wildman–Crippen LogP) is 3.41. The van der Waals surface area contributed by atoms with E-state index in [1.807, 2.05) is 44.2 Å². The zero-order valence-electron chi connectivity index (χ0n) is 14.6. The van der Waals surface area contributed by atoms with Crippen molar-refractivity contribution in [3.63, 3.8) is 0 Å². The number of anilines is 1. The first kappa shape index (κ1) is 18.9. The number of rotatable bonds is 6. The molecule has 0 saturated carbocycles. The first-order valence-electron chi connectivity index (χ1n) is 7.85. The van der Waals surface area contributed by atoms with E-state index in [1.54, 1.807) is 19.2 Å². The molecule has 0 unspecified atom stereocenters. The summed E-state index contributed by atoms with van der Waals surface area (Å²) in [6.07, 6.45) is 1.48. The fourth-order valence-corrected chi connectivity index (χ4v) is 3.42. The van der Waals surface area contributed by atoms with Gasteiger partial charge in [0, 0.05) is 25.4 Å². The van der Waals surface area contributed by atoms with E-state index in [9.17, 15) is 13.2 Å². The van der Waals surface area contributed by atoms with E-state index < -0.39 is 10.0 Å². The van der Waals surface area contributed by atoms with Crippen LogP contribution in [-0.4, -0.2) is 25.7 Å². The summed E-state index contributed by atoms with van der Waals surface area (Å²) in [5.41, 5.74) is 2.35. The van der Waals surface area contributed by atoms with Crippen molar-refractivity contribution in [1.82, 2.24) is 4.31 Å². The minimum atomic E-state index is -3.59. The Labute approximate surface area is 149 Å². The van der Waals surface area contributed by atoms with Gasteiger partial charge < -0.3 is 5.32 Å². The number of hydrogen-bond acceptors (Lipinski definition) is 3. The lowest BCUT2D eigenvalue weighted by Crippen LogP contribution is -2.26. The van der Waals surface area contributed by atoms with Gasteiger partial charge in [-0.3, -0.25) is 4.79 Å². The molecular weight excluding hydrogens is 336 g/mol. The lowest BCUT2D eigenvalue weighted by atomic mass is 10.2. The molecule has 25 heavy (non-hydrogen) atoms. The number of nitrogens with zero attached hydrogens (tertiary/aromatic N) is 1. The van der Waals surface area contributed by atoms with E-state index in [0.29, 0.717) is 12.2 Å². The number of benzene rings is 2. The van der Waals surface area contributed by atoms with Gasteiger partial charge in [-0.2, -0.15) is 4.31 Å². The summed E-state index contributed by atoms with van der Waals surface area (Å²) >= 11 is 0.